The molecule has 3 unspecified atom stereocenters. The number of aliphatic carboxylic acids is 1. The molecule has 0 aliphatic carbocycles. The highest BCUT2D eigenvalue weighted by molar-refractivity contribution is 8.00. The molecule has 1 amide bonds. The Labute approximate surface area is 131 Å². The van der Waals surface area contributed by atoms with Gasteiger partial charge >= 0.3 is 5.97 Å². The maximum absolute atomic E-state index is 12.4. The Morgan fingerprint density at radius 2 is 2.00 bits per heavy atom. The van der Waals surface area contributed by atoms with E-state index in [0.717, 1.165) is 4.90 Å². The zero-order valence-electron chi connectivity index (χ0n) is 11.4. The molecule has 0 radical (unpaired) electrons. The van der Waals surface area contributed by atoms with Gasteiger partial charge in [-0.1, -0.05) is 11.6 Å². The van der Waals surface area contributed by atoms with Crippen molar-refractivity contribution in [2.75, 3.05) is 6.54 Å². The van der Waals surface area contributed by atoms with Gasteiger partial charge in [0, 0.05) is 22.9 Å². The van der Waals surface area contributed by atoms with Crippen LogP contribution in [0, 0.1) is 0 Å². The number of carbonyl (C=O) groups is 2. The number of rotatable bonds is 4. The predicted octanol–water partition coefficient (Wildman–Crippen LogP) is 1.87. The molecule has 1 aromatic carbocycles. The normalized spacial score (nSPS) is 23.1. The van der Waals surface area contributed by atoms with E-state index in [0.29, 0.717) is 5.02 Å². The molecule has 21 heavy (non-hydrogen) atoms. The second-order valence-electron chi connectivity index (χ2n) is 4.95. The summed E-state index contributed by atoms with van der Waals surface area (Å²) in [6.45, 7) is 1.80. The quantitative estimate of drug-likeness (QED) is 0.825. The molecule has 1 aliphatic rings. The molecule has 1 aliphatic heterocycles. The van der Waals surface area contributed by atoms with Crippen LogP contribution in [0.3, 0.4) is 0 Å². The zero-order chi connectivity index (χ0) is 15.6. The number of benzene rings is 1. The molecule has 1 fully saturated rings. The Morgan fingerprint density at radius 3 is 2.57 bits per heavy atom. The van der Waals surface area contributed by atoms with E-state index in [1.165, 1.54) is 16.7 Å². The van der Waals surface area contributed by atoms with Crippen LogP contribution in [0.1, 0.15) is 13.3 Å². The average Bonchev–Trinajstić information content (AvgIpc) is 2.82. The van der Waals surface area contributed by atoms with E-state index in [4.69, 9.17) is 16.7 Å². The summed E-state index contributed by atoms with van der Waals surface area (Å²) < 4.78 is 0. The summed E-state index contributed by atoms with van der Waals surface area (Å²) in [7, 11) is 0. The van der Waals surface area contributed by atoms with E-state index >= 15 is 0 Å². The first-order valence-electron chi connectivity index (χ1n) is 6.52. The minimum Gasteiger partial charge on any atom is -0.480 e. The first-order valence-corrected chi connectivity index (χ1v) is 7.78. The molecule has 0 aromatic heterocycles. The SMILES string of the molecule is CC(Sc1ccc(Cl)cc1)C(=O)N1CC(O)CC1C(=O)O. The van der Waals surface area contributed by atoms with E-state index in [2.05, 4.69) is 0 Å². The Hall–Kier alpha value is -1.24. The number of carbonyl (C=O) groups excluding carboxylic acids is 1. The number of carboxylic acids is 1. The van der Waals surface area contributed by atoms with Crippen LogP contribution >= 0.6 is 23.4 Å². The molecule has 2 rings (SSSR count). The van der Waals surface area contributed by atoms with Gasteiger partial charge in [0.15, 0.2) is 0 Å². The molecule has 114 valence electrons. The Balaban J connectivity index is 2.04. The number of halogens is 1. The number of aliphatic hydroxyl groups excluding tert-OH is 1. The van der Waals surface area contributed by atoms with Crippen molar-refractivity contribution >= 4 is 35.2 Å². The summed E-state index contributed by atoms with van der Waals surface area (Å²) in [5.74, 6) is -1.36. The lowest BCUT2D eigenvalue weighted by atomic mass is 10.2. The van der Waals surface area contributed by atoms with Crippen molar-refractivity contribution in [2.45, 2.75) is 35.6 Å². The van der Waals surface area contributed by atoms with Gasteiger partial charge < -0.3 is 15.1 Å². The molecular weight excluding hydrogens is 314 g/mol. The Bertz CT molecular complexity index is 536. The minimum atomic E-state index is -1.08. The third kappa shape index (κ3) is 3.90. The summed E-state index contributed by atoms with van der Waals surface area (Å²) >= 11 is 7.14. The van der Waals surface area contributed by atoms with Gasteiger partial charge in [-0.05, 0) is 31.2 Å². The van der Waals surface area contributed by atoms with Gasteiger partial charge in [-0.3, -0.25) is 4.79 Å². The number of likely N-dealkylation sites (tertiary alicyclic amines) is 1. The summed E-state index contributed by atoms with van der Waals surface area (Å²) in [5.41, 5.74) is 0. The fourth-order valence-electron chi connectivity index (χ4n) is 2.29. The second-order valence-corrected chi connectivity index (χ2v) is 6.80. The summed E-state index contributed by atoms with van der Waals surface area (Å²) in [4.78, 5) is 25.7. The number of hydrogen-bond donors (Lipinski definition) is 2. The minimum absolute atomic E-state index is 0.0708. The molecule has 1 heterocycles. The van der Waals surface area contributed by atoms with Gasteiger partial charge in [-0.2, -0.15) is 0 Å². The van der Waals surface area contributed by atoms with Crippen molar-refractivity contribution in [2.24, 2.45) is 0 Å². The molecule has 7 heteroatoms. The standard InChI is InChI=1S/C14H16ClNO4S/c1-8(21-11-4-2-9(15)3-5-11)13(18)16-7-10(17)6-12(16)14(19)20/h2-5,8,10,12,17H,6-7H2,1H3,(H,19,20). The van der Waals surface area contributed by atoms with Gasteiger partial charge in [0.25, 0.3) is 0 Å². The number of β-amino-alcohol motifs (C(OH)–C–C–N with tert-alkyl or cyclic N) is 1. The topological polar surface area (TPSA) is 77.8 Å². The van der Waals surface area contributed by atoms with Crippen molar-refractivity contribution in [1.29, 1.82) is 0 Å². The van der Waals surface area contributed by atoms with E-state index in [9.17, 15) is 14.7 Å². The van der Waals surface area contributed by atoms with E-state index in [1.807, 2.05) is 12.1 Å². The smallest absolute Gasteiger partial charge is 0.326 e. The summed E-state index contributed by atoms with van der Waals surface area (Å²) in [6, 6.07) is 6.15. The van der Waals surface area contributed by atoms with Gasteiger partial charge in [0.2, 0.25) is 5.91 Å². The van der Waals surface area contributed by atoms with Crippen molar-refractivity contribution < 1.29 is 19.8 Å². The number of carboxylic acid groups (broad SMARTS) is 1. The molecule has 5 nitrogen and oxygen atoms in total. The number of aliphatic hydroxyl groups is 1. The molecule has 0 saturated carbocycles. The largest absolute Gasteiger partial charge is 0.480 e. The molecule has 1 aromatic rings. The van der Waals surface area contributed by atoms with Crippen molar-refractivity contribution in [3.63, 3.8) is 0 Å². The Kier molecular flexibility index (Phi) is 5.13. The third-order valence-electron chi connectivity index (χ3n) is 3.32. The van der Waals surface area contributed by atoms with Gasteiger partial charge in [-0.25, -0.2) is 4.79 Å². The molecular formula is C14H16ClNO4S. The van der Waals surface area contributed by atoms with E-state index in [1.54, 1.807) is 19.1 Å². The summed E-state index contributed by atoms with van der Waals surface area (Å²) in [5, 5.41) is 18.9. The maximum atomic E-state index is 12.4. The molecule has 3 atom stereocenters. The second kappa shape index (κ2) is 6.68. The number of amides is 1. The Morgan fingerprint density at radius 1 is 1.38 bits per heavy atom. The van der Waals surface area contributed by atoms with Crippen LogP contribution in [0.25, 0.3) is 0 Å². The highest BCUT2D eigenvalue weighted by atomic mass is 35.5. The first kappa shape index (κ1) is 16.1. The first-order chi connectivity index (χ1) is 9.88. The van der Waals surface area contributed by atoms with Gasteiger partial charge in [0.1, 0.15) is 6.04 Å². The monoisotopic (exact) mass is 329 g/mol. The summed E-state index contributed by atoms with van der Waals surface area (Å²) in [6.07, 6.45) is -0.692. The number of thioether (sulfide) groups is 1. The van der Waals surface area contributed by atoms with Gasteiger partial charge in [-0.15, -0.1) is 11.8 Å². The van der Waals surface area contributed by atoms with Crippen LogP contribution in [-0.2, 0) is 9.59 Å². The molecule has 1 saturated heterocycles. The van der Waals surface area contributed by atoms with Crippen LogP contribution < -0.4 is 0 Å². The molecule has 0 spiro atoms. The number of hydrogen-bond acceptors (Lipinski definition) is 4. The van der Waals surface area contributed by atoms with Crippen LogP contribution in [0.5, 0.6) is 0 Å². The lowest BCUT2D eigenvalue weighted by Gasteiger charge is -2.24. The highest BCUT2D eigenvalue weighted by Gasteiger charge is 2.40. The maximum Gasteiger partial charge on any atom is 0.326 e. The number of nitrogens with zero attached hydrogens (tertiary/aromatic N) is 1. The van der Waals surface area contributed by atoms with Crippen molar-refractivity contribution in [3.8, 4) is 0 Å². The lowest BCUT2D eigenvalue weighted by Crippen LogP contribution is -2.44. The van der Waals surface area contributed by atoms with Crippen LogP contribution in [0.2, 0.25) is 5.02 Å². The van der Waals surface area contributed by atoms with Crippen LogP contribution in [-0.4, -0.2) is 50.9 Å². The van der Waals surface area contributed by atoms with E-state index in [-0.39, 0.29) is 18.9 Å². The fourth-order valence-corrected chi connectivity index (χ4v) is 3.36. The third-order valence-corrected chi connectivity index (χ3v) is 4.67. The van der Waals surface area contributed by atoms with Crippen molar-refractivity contribution in [3.05, 3.63) is 29.3 Å². The lowest BCUT2D eigenvalue weighted by molar-refractivity contribution is -0.147. The molecule has 0 bridgehead atoms. The average molecular weight is 330 g/mol. The highest BCUT2D eigenvalue weighted by Crippen LogP contribution is 2.28. The zero-order valence-corrected chi connectivity index (χ0v) is 13.0. The van der Waals surface area contributed by atoms with Crippen LogP contribution in [0.15, 0.2) is 29.2 Å². The van der Waals surface area contributed by atoms with E-state index < -0.39 is 23.4 Å². The van der Waals surface area contributed by atoms with Crippen LogP contribution in [0.4, 0.5) is 0 Å². The predicted molar refractivity (Wildman–Crippen MR) is 80.5 cm³/mol. The molecule has 2 N–H and O–H groups in total. The van der Waals surface area contributed by atoms with Gasteiger partial charge in [0.05, 0.1) is 11.4 Å². The van der Waals surface area contributed by atoms with Crippen molar-refractivity contribution in [1.82, 2.24) is 4.90 Å². The fraction of sp³-hybridized carbons (Fsp3) is 0.429.